The summed E-state index contributed by atoms with van der Waals surface area (Å²) in [6.07, 6.45) is 1.47. The van der Waals surface area contributed by atoms with Crippen LogP contribution in [0.4, 0.5) is 5.69 Å². The fraction of sp³-hybridized carbons (Fsp3) is 0.150. The number of benzene rings is 2. The third kappa shape index (κ3) is 4.41. The third-order valence-electron chi connectivity index (χ3n) is 4.12. The van der Waals surface area contributed by atoms with Gasteiger partial charge >= 0.3 is 0 Å². The van der Waals surface area contributed by atoms with E-state index in [0.29, 0.717) is 23.7 Å². The largest absolute Gasteiger partial charge is 0.492 e. The lowest BCUT2D eigenvalue weighted by atomic mass is 10.1. The Morgan fingerprint density at radius 1 is 1.27 bits per heavy atom. The molecule has 156 valence electrons. The van der Waals surface area contributed by atoms with E-state index in [-0.39, 0.29) is 26.4 Å². The summed E-state index contributed by atoms with van der Waals surface area (Å²) in [6.45, 7) is 2.28. The van der Waals surface area contributed by atoms with Crippen LogP contribution in [0.5, 0.6) is 11.5 Å². The Balaban J connectivity index is 2.08. The van der Waals surface area contributed by atoms with Crippen LogP contribution in [-0.4, -0.2) is 30.6 Å². The zero-order valence-corrected chi connectivity index (χ0v) is 20.3. The first-order valence-corrected chi connectivity index (χ1v) is 10.9. The molecule has 1 saturated heterocycles. The molecule has 0 aliphatic carbocycles. The molecule has 10 heteroatoms. The molecule has 2 aromatic carbocycles. The predicted octanol–water partition coefficient (Wildman–Crippen LogP) is 4.84. The molecule has 0 bridgehead atoms. The van der Waals surface area contributed by atoms with Gasteiger partial charge in [-0.15, -0.1) is 0 Å². The number of carbonyl (C=O) groups is 2. The highest BCUT2D eigenvalue weighted by molar-refractivity contribution is 14.1. The molecule has 6 nitrogen and oxygen atoms in total. The van der Waals surface area contributed by atoms with Crippen molar-refractivity contribution in [2.24, 2.45) is 0 Å². The van der Waals surface area contributed by atoms with Gasteiger partial charge in [0, 0.05) is 0 Å². The van der Waals surface area contributed by atoms with E-state index >= 15 is 0 Å². The van der Waals surface area contributed by atoms with Gasteiger partial charge in [0.1, 0.15) is 5.57 Å². The molecule has 1 heterocycles. The number of hydrogen-bond donors (Lipinski definition) is 1. The number of hydrogen-bond acceptors (Lipinski definition) is 5. The van der Waals surface area contributed by atoms with Crippen LogP contribution < -0.4 is 19.7 Å². The second-order valence-electron chi connectivity index (χ2n) is 6.00. The number of amides is 2. The molecule has 2 aromatic rings. The molecule has 0 aromatic heterocycles. The van der Waals surface area contributed by atoms with E-state index in [4.69, 9.17) is 44.9 Å². The van der Waals surface area contributed by atoms with E-state index < -0.39 is 11.8 Å². The second kappa shape index (κ2) is 9.51. The lowest BCUT2D eigenvalue weighted by molar-refractivity contribution is -0.122. The molecule has 3 rings (SSSR count). The summed E-state index contributed by atoms with van der Waals surface area (Å²) in [5.41, 5.74) is 0.763. The number of ether oxygens (including phenoxy) is 2. The number of rotatable bonds is 5. The van der Waals surface area contributed by atoms with Crippen molar-refractivity contribution in [1.82, 2.24) is 5.32 Å². The van der Waals surface area contributed by atoms with Crippen LogP contribution in [0.25, 0.3) is 6.08 Å². The molecule has 0 saturated carbocycles. The van der Waals surface area contributed by atoms with Gasteiger partial charge in [-0.05, 0) is 77.6 Å². The first-order valence-electron chi connectivity index (χ1n) is 8.64. The molecule has 2 amide bonds. The van der Waals surface area contributed by atoms with Gasteiger partial charge in [-0.2, -0.15) is 0 Å². The highest BCUT2D eigenvalue weighted by Crippen LogP contribution is 2.36. The molecular formula is C20H15Cl2IN2O4S. The standard InChI is InChI=1S/C20H15Cl2IN2O4S/c1-3-29-15-9-10(8-13(23)17(15)28-2)7-11-18(26)24-20(30)25(19(11)27)14-6-4-5-12(21)16(14)22/h4-9H,3H2,1-2H3,(H,24,26,30)/b11-7+. The average Bonchev–Trinajstić information content (AvgIpc) is 2.68. The van der Waals surface area contributed by atoms with Crippen LogP contribution in [0, 0.1) is 3.57 Å². The number of halogens is 3. The van der Waals surface area contributed by atoms with Crippen LogP contribution in [0.3, 0.4) is 0 Å². The Hall–Kier alpha value is -1.88. The SMILES string of the molecule is CCOc1cc(/C=C2\C(=O)NC(=S)N(c3cccc(Cl)c3Cl)C2=O)cc(I)c1OC. The Kier molecular flexibility index (Phi) is 7.22. The first kappa shape index (κ1) is 22.8. The second-order valence-corrected chi connectivity index (χ2v) is 8.33. The van der Waals surface area contributed by atoms with E-state index in [1.807, 2.05) is 6.92 Å². The first-order chi connectivity index (χ1) is 14.3. The molecule has 1 aliphatic heterocycles. The Labute approximate surface area is 202 Å². The fourth-order valence-electron chi connectivity index (χ4n) is 2.84. The van der Waals surface area contributed by atoms with Crippen LogP contribution in [0.2, 0.25) is 10.0 Å². The normalized spacial score (nSPS) is 15.4. The molecule has 0 radical (unpaired) electrons. The van der Waals surface area contributed by atoms with Crippen molar-refractivity contribution in [1.29, 1.82) is 0 Å². The van der Waals surface area contributed by atoms with Crippen LogP contribution in [0.15, 0.2) is 35.9 Å². The van der Waals surface area contributed by atoms with E-state index in [1.54, 1.807) is 37.4 Å². The van der Waals surface area contributed by atoms with Gasteiger partial charge in [0.25, 0.3) is 11.8 Å². The molecule has 0 unspecified atom stereocenters. The molecule has 1 fully saturated rings. The van der Waals surface area contributed by atoms with Crippen molar-refractivity contribution in [2.45, 2.75) is 6.92 Å². The highest BCUT2D eigenvalue weighted by Gasteiger charge is 2.35. The molecular weight excluding hydrogens is 562 g/mol. The minimum atomic E-state index is -0.614. The maximum absolute atomic E-state index is 13.2. The highest BCUT2D eigenvalue weighted by atomic mass is 127. The van der Waals surface area contributed by atoms with Crippen LogP contribution >= 0.6 is 58.0 Å². The maximum atomic E-state index is 13.2. The Morgan fingerprint density at radius 3 is 2.67 bits per heavy atom. The maximum Gasteiger partial charge on any atom is 0.270 e. The predicted molar refractivity (Wildman–Crippen MR) is 130 cm³/mol. The molecule has 30 heavy (non-hydrogen) atoms. The quantitative estimate of drug-likeness (QED) is 0.239. The molecule has 1 N–H and O–H groups in total. The summed E-state index contributed by atoms with van der Waals surface area (Å²) in [6, 6.07) is 8.30. The molecule has 1 aliphatic rings. The van der Waals surface area contributed by atoms with Gasteiger partial charge in [0.2, 0.25) is 0 Å². The van der Waals surface area contributed by atoms with E-state index in [9.17, 15) is 9.59 Å². The van der Waals surface area contributed by atoms with Gasteiger partial charge in [-0.25, -0.2) is 0 Å². The Morgan fingerprint density at radius 2 is 2.00 bits per heavy atom. The minimum absolute atomic E-state index is 0.0781. The van der Waals surface area contributed by atoms with Crippen molar-refractivity contribution in [2.75, 3.05) is 18.6 Å². The summed E-state index contributed by atoms with van der Waals surface area (Å²) in [5.74, 6) is -0.139. The van der Waals surface area contributed by atoms with Gasteiger partial charge < -0.3 is 9.47 Å². The zero-order valence-electron chi connectivity index (χ0n) is 15.8. The lowest BCUT2D eigenvalue weighted by Gasteiger charge is -2.29. The summed E-state index contributed by atoms with van der Waals surface area (Å²) < 4.78 is 11.8. The van der Waals surface area contributed by atoms with Crippen molar-refractivity contribution < 1.29 is 19.1 Å². The topological polar surface area (TPSA) is 67.9 Å². The number of methoxy groups -OCH3 is 1. The van der Waals surface area contributed by atoms with Crippen molar-refractivity contribution in [3.8, 4) is 11.5 Å². The van der Waals surface area contributed by atoms with Gasteiger partial charge in [-0.3, -0.25) is 19.8 Å². The zero-order chi connectivity index (χ0) is 22.0. The van der Waals surface area contributed by atoms with E-state index in [2.05, 4.69) is 27.9 Å². The van der Waals surface area contributed by atoms with Crippen LogP contribution in [0.1, 0.15) is 12.5 Å². The molecule has 0 atom stereocenters. The summed E-state index contributed by atoms with van der Waals surface area (Å²) in [4.78, 5) is 26.9. The van der Waals surface area contributed by atoms with E-state index in [0.717, 1.165) is 8.47 Å². The smallest absolute Gasteiger partial charge is 0.270 e. The summed E-state index contributed by atoms with van der Waals surface area (Å²) >= 11 is 19.6. The fourth-order valence-corrected chi connectivity index (χ4v) is 4.34. The monoisotopic (exact) mass is 576 g/mol. The van der Waals surface area contributed by atoms with Crippen LogP contribution in [-0.2, 0) is 9.59 Å². The Bertz CT molecular complexity index is 1090. The summed E-state index contributed by atoms with van der Waals surface area (Å²) in [7, 11) is 1.55. The van der Waals surface area contributed by atoms with E-state index in [1.165, 1.54) is 6.08 Å². The van der Waals surface area contributed by atoms with Gasteiger partial charge in [-0.1, -0.05) is 29.3 Å². The number of nitrogens with one attached hydrogen (secondary N) is 1. The van der Waals surface area contributed by atoms with Crippen molar-refractivity contribution in [3.05, 3.63) is 55.1 Å². The van der Waals surface area contributed by atoms with Crippen molar-refractivity contribution in [3.63, 3.8) is 0 Å². The molecule has 0 spiro atoms. The third-order valence-corrected chi connectivity index (χ3v) is 6.02. The van der Waals surface area contributed by atoms with Gasteiger partial charge in [0.15, 0.2) is 16.6 Å². The summed E-state index contributed by atoms with van der Waals surface area (Å²) in [5, 5.41) is 2.86. The average molecular weight is 577 g/mol. The number of carbonyl (C=O) groups excluding carboxylic acids is 2. The number of thiocarbonyl (C=S) groups is 1. The number of nitrogens with zero attached hydrogens (tertiary/aromatic N) is 1. The van der Waals surface area contributed by atoms with Gasteiger partial charge in [0.05, 0.1) is 33.0 Å². The lowest BCUT2D eigenvalue weighted by Crippen LogP contribution is -2.54. The number of anilines is 1. The van der Waals surface area contributed by atoms with Crippen molar-refractivity contribution >= 4 is 86.7 Å². The minimum Gasteiger partial charge on any atom is -0.492 e.